The second kappa shape index (κ2) is 12.3. The van der Waals surface area contributed by atoms with Gasteiger partial charge >= 0.3 is 23.9 Å². The van der Waals surface area contributed by atoms with Crippen LogP contribution >= 0.6 is 11.3 Å². The van der Waals surface area contributed by atoms with Crippen LogP contribution in [0.15, 0.2) is 44.6 Å². The molecule has 0 aliphatic carbocycles. The highest BCUT2D eigenvalue weighted by Crippen LogP contribution is 2.32. The number of ether oxygens (including phenoxy) is 6. The number of hydrogen-bond donors (Lipinski definition) is 0. The van der Waals surface area contributed by atoms with Crippen LogP contribution in [0.25, 0.3) is 22.2 Å². The van der Waals surface area contributed by atoms with Crippen LogP contribution in [0.3, 0.4) is 0 Å². The monoisotopic (exact) mass is 575 g/mol. The van der Waals surface area contributed by atoms with E-state index in [2.05, 4.69) is 4.98 Å². The minimum Gasteiger partial charge on any atom is -0.463 e. The molecule has 1 aliphatic rings. The summed E-state index contributed by atoms with van der Waals surface area (Å²) in [7, 11) is 0. The van der Waals surface area contributed by atoms with Crippen molar-refractivity contribution in [2.45, 2.75) is 58.4 Å². The van der Waals surface area contributed by atoms with Crippen LogP contribution in [0.1, 0.15) is 27.7 Å². The van der Waals surface area contributed by atoms with Gasteiger partial charge in [0.25, 0.3) is 0 Å². The average molecular weight is 576 g/mol. The SMILES string of the molecule is CC(=O)OC[C@@H]1O[C@@H](Oc2ccc3c(=O)c(-c4cscn4)coc3c2)[C@H](OC(C)=O)[C@@H](OC(C)=O)[C@@H]1OC(C)=O. The first-order valence-corrected chi connectivity index (χ1v) is 12.9. The molecule has 40 heavy (non-hydrogen) atoms. The second-order valence-corrected chi connectivity index (χ2v) is 9.41. The van der Waals surface area contributed by atoms with Crippen molar-refractivity contribution in [1.29, 1.82) is 0 Å². The van der Waals surface area contributed by atoms with E-state index < -0.39 is 61.2 Å². The molecule has 1 aromatic carbocycles. The highest BCUT2D eigenvalue weighted by atomic mass is 32.1. The number of carbonyl (C=O) groups excluding carboxylic acids is 4. The molecule has 1 fully saturated rings. The molecule has 212 valence electrons. The summed E-state index contributed by atoms with van der Waals surface area (Å²) in [6.07, 6.45) is -5.42. The molecule has 1 saturated heterocycles. The van der Waals surface area contributed by atoms with E-state index in [1.54, 1.807) is 10.9 Å². The smallest absolute Gasteiger partial charge is 0.303 e. The Kier molecular flexibility index (Phi) is 8.80. The fourth-order valence-electron chi connectivity index (χ4n) is 4.12. The van der Waals surface area contributed by atoms with Crippen LogP contribution in [0.2, 0.25) is 0 Å². The quantitative estimate of drug-likeness (QED) is 0.284. The van der Waals surface area contributed by atoms with Gasteiger partial charge in [-0.3, -0.25) is 24.0 Å². The standard InChI is InChI=1S/C26H25NO12S/c1-12(28)33-9-21-23(35-13(2)29)24(36-14(3)30)25(37-15(4)31)26(39-21)38-16-5-6-17-20(7-16)34-8-18(22(17)32)19-10-40-11-27-19/h5-8,10-11,21,23-26H,9H2,1-4H3/t21-,23+,24-,25+,26+/m0/s1. The number of aromatic nitrogens is 1. The Labute approximate surface area is 230 Å². The summed E-state index contributed by atoms with van der Waals surface area (Å²) in [5, 5.41) is 1.99. The maximum absolute atomic E-state index is 13.0. The Morgan fingerprint density at radius 2 is 1.60 bits per heavy atom. The summed E-state index contributed by atoms with van der Waals surface area (Å²) in [6.45, 7) is 4.14. The fraction of sp³-hybridized carbons (Fsp3) is 0.385. The van der Waals surface area contributed by atoms with Gasteiger partial charge in [-0.15, -0.1) is 11.3 Å². The van der Waals surface area contributed by atoms with Gasteiger partial charge in [-0.05, 0) is 12.1 Å². The zero-order valence-electron chi connectivity index (χ0n) is 21.8. The summed E-state index contributed by atoms with van der Waals surface area (Å²) in [5.41, 5.74) is 2.27. The molecule has 3 aromatic rings. The topological polar surface area (TPSA) is 167 Å². The lowest BCUT2D eigenvalue weighted by Gasteiger charge is -2.43. The normalized spacial score (nSPS) is 22.2. The number of carbonyl (C=O) groups is 4. The molecule has 3 heterocycles. The van der Waals surface area contributed by atoms with Gasteiger partial charge in [-0.2, -0.15) is 0 Å². The third kappa shape index (κ3) is 6.63. The summed E-state index contributed by atoms with van der Waals surface area (Å²) >= 11 is 1.34. The van der Waals surface area contributed by atoms with Gasteiger partial charge in [-0.1, -0.05) is 0 Å². The van der Waals surface area contributed by atoms with Crippen molar-refractivity contribution in [2.24, 2.45) is 0 Å². The molecule has 14 heteroatoms. The van der Waals surface area contributed by atoms with Gasteiger partial charge in [0, 0.05) is 39.1 Å². The van der Waals surface area contributed by atoms with Crippen LogP contribution in [0.4, 0.5) is 0 Å². The highest BCUT2D eigenvalue weighted by molar-refractivity contribution is 7.07. The van der Waals surface area contributed by atoms with Crippen LogP contribution in [0.5, 0.6) is 5.75 Å². The van der Waals surface area contributed by atoms with Crippen LogP contribution in [-0.4, -0.2) is 66.2 Å². The number of rotatable bonds is 8. The van der Waals surface area contributed by atoms with Crippen LogP contribution < -0.4 is 10.2 Å². The van der Waals surface area contributed by atoms with Gasteiger partial charge < -0.3 is 32.8 Å². The maximum atomic E-state index is 13.0. The van der Waals surface area contributed by atoms with Gasteiger partial charge in [-0.25, -0.2) is 4.98 Å². The summed E-state index contributed by atoms with van der Waals surface area (Å²) in [5.74, 6) is -2.79. The van der Waals surface area contributed by atoms with Crippen molar-refractivity contribution < 1.29 is 52.0 Å². The lowest BCUT2D eigenvalue weighted by Crippen LogP contribution is -2.63. The number of esters is 4. The van der Waals surface area contributed by atoms with Crippen molar-refractivity contribution in [3.63, 3.8) is 0 Å². The number of hydrogen-bond acceptors (Lipinski definition) is 14. The molecule has 5 atom stereocenters. The fourth-order valence-corrected chi connectivity index (χ4v) is 4.67. The maximum Gasteiger partial charge on any atom is 0.303 e. The summed E-state index contributed by atoms with van der Waals surface area (Å²) < 4.78 is 38.8. The third-order valence-corrected chi connectivity index (χ3v) is 6.24. The molecule has 0 N–H and O–H groups in total. The molecule has 0 radical (unpaired) electrons. The molecule has 0 saturated carbocycles. The molecular weight excluding hydrogens is 550 g/mol. The molecule has 0 bridgehead atoms. The van der Waals surface area contributed by atoms with Crippen molar-refractivity contribution in [2.75, 3.05) is 6.61 Å². The zero-order valence-corrected chi connectivity index (χ0v) is 22.6. The molecule has 4 rings (SSSR count). The molecule has 0 amide bonds. The lowest BCUT2D eigenvalue weighted by molar-refractivity contribution is -0.288. The Hall–Kier alpha value is -4.30. The van der Waals surface area contributed by atoms with E-state index in [1.807, 2.05) is 0 Å². The van der Waals surface area contributed by atoms with Crippen molar-refractivity contribution in [1.82, 2.24) is 4.98 Å². The molecule has 1 aliphatic heterocycles. The first-order chi connectivity index (χ1) is 19.0. The van der Waals surface area contributed by atoms with Gasteiger partial charge in [0.2, 0.25) is 17.8 Å². The van der Waals surface area contributed by atoms with E-state index in [0.717, 1.165) is 20.8 Å². The van der Waals surface area contributed by atoms with E-state index in [4.69, 9.17) is 32.8 Å². The largest absolute Gasteiger partial charge is 0.463 e. The molecule has 0 unspecified atom stereocenters. The van der Waals surface area contributed by atoms with E-state index in [0.29, 0.717) is 11.3 Å². The first kappa shape index (κ1) is 28.7. The predicted molar refractivity (Wildman–Crippen MR) is 136 cm³/mol. The molecule has 13 nitrogen and oxygen atoms in total. The predicted octanol–water partition coefficient (Wildman–Crippen LogP) is 2.38. The molecule has 2 aromatic heterocycles. The second-order valence-electron chi connectivity index (χ2n) is 8.70. The Morgan fingerprint density at radius 1 is 0.925 bits per heavy atom. The molecule has 0 spiro atoms. The van der Waals surface area contributed by atoms with Gasteiger partial charge in [0.15, 0.2) is 12.2 Å². The molecular formula is C26H25NO12S. The summed E-state index contributed by atoms with van der Waals surface area (Å²) in [4.78, 5) is 64.5. The number of nitrogens with zero attached hydrogens (tertiary/aromatic N) is 1. The van der Waals surface area contributed by atoms with Crippen LogP contribution in [0, 0.1) is 0 Å². The van der Waals surface area contributed by atoms with Gasteiger partial charge in [0.05, 0.1) is 22.2 Å². The van der Waals surface area contributed by atoms with Crippen LogP contribution in [-0.2, 0) is 42.9 Å². The van der Waals surface area contributed by atoms with E-state index >= 15 is 0 Å². The van der Waals surface area contributed by atoms with Gasteiger partial charge in [0.1, 0.15) is 30.3 Å². The number of thiazole rings is 1. The summed E-state index contributed by atoms with van der Waals surface area (Å²) in [6, 6.07) is 4.38. The number of fused-ring (bicyclic) bond motifs is 1. The Morgan fingerprint density at radius 3 is 2.23 bits per heavy atom. The Balaban J connectivity index is 1.70. The van der Waals surface area contributed by atoms with Crippen molar-refractivity contribution in [3.8, 4) is 17.0 Å². The van der Waals surface area contributed by atoms with E-state index in [-0.39, 0.29) is 22.1 Å². The van der Waals surface area contributed by atoms with Crippen molar-refractivity contribution >= 4 is 46.2 Å². The van der Waals surface area contributed by atoms with E-state index in [1.165, 1.54) is 42.7 Å². The van der Waals surface area contributed by atoms with Crippen molar-refractivity contribution in [3.05, 3.63) is 45.6 Å². The average Bonchev–Trinajstić information content (AvgIpc) is 3.40. The lowest BCUT2D eigenvalue weighted by atomic mass is 9.98. The third-order valence-electron chi connectivity index (χ3n) is 5.65. The minimum absolute atomic E-state index is 0.137. The number of benzene rings is 1. The highest BCUT2D eigenvalue weighted by Gasteiger charge is 2.53. The van der Waals surface area contributed by atoms with E-state index in [9.17, 15) is 24.0 Å². The zero-order chi connectivity index (χ0) is 29.0. The minimum atomic E-state index is -1.43. The first-order valence-electron chi connectivity index (χ1n) is 11.9. The Bertz CT molecular complexity index is 1470.